The van der Waals surface area contributed by atoms with Gasteiger partial charge in [0, 0.05) is 22.5 Å². The molecule has 2 saturated carbocycles. The third-order valence-electron chi connectivity index (χ3n) is 5.28. The fourth-order valence-electron chi connectivity index (χ4n) is 4.46. The van der Waals surface area contributed by atoms with E-state index in [0.717, 1.165) is 36.5 Å². The molecular weight excluding hydrogens is 302 g/mol. The highest BCUT2D eigenvalue weighted by atomic mass is 79.9. The van der Waals surface area contributed by atoms with Crippen LogP contribution >= 0.6 is 15.9 Å². The standard InChI is InChI=1S/C16H20BrNO/c1-18-15(14-11-3-2-4-12(11)14)13-8-10(17)7-9-5-6-19-16(9)13/h7-8,11-12,14-15,18H,2-6H2,1H3. The van der Waals surface area contributed by atoms with Gasteiger partial charge < -0.3 is 10.1 Å². The van der Waals surface area contributed by atoms with E-state index in [9.17, 15) is 0 Å². The lowest BCUT2D eigenvalue weighted by molar-refractivity contribution is 0.343. The predicted octanol–water partition coefficient (Wildman–Crippen LogP) is 3.69. The number of hydrogen-bond acceptors (Lipinski definition) is 2. The van der Waals surface area contributed by atoms with E-state index in [2.05, 4.69) is 40.4 Å². The Hall–Kier alpha value is -0.540. The summed E-state index contributed by atoms with van der Waals surface area (Å²) < 4.78 is 7.10. The summed E-state index contributed by atoms with van der Waals surface area (Å²) in [6, 6.07) is 4.95. The van der Waals surface area contributed by atoms with Gasteiger partial charge in [0.25, 0.3) is 0 Å². The van der Waals surface area contributed by atoms with Crippen molar-refractivity contribution in [3.05, 3.63) is 27.7 Å². The van der Waals surface area contributed by atoms with Crippen LogP contribution in [-0.4, -0.2) is 13.7 Å². The summed E-state index contributed by atoms with van der Waals surface area (Å²) in [5.74, 6) is 3.93. The Morgan fingerprint density at radius 1 is 1.32 bits per heavy atom. The molecule has 102 valence electrons. The maximum atomic E-state index is 5.91. The van der Waals surface area contributed by atoms with Crippen molar-refractivity contribution in [2.24, 2.45) is 17.8 Å². The lowest BCUT2D eigenvalue weighted by atomic mass is 9.94. The molecule has 2 fully saturated rings. The first-order valence-electron chi connectivity index (χ1n) is 7.42. The van der Waals surface area contributed by atoms with Crippen LogP contribution in [-0.2, 0) is 6.42 Å². The van der Waals surface area contributed by atoms with E-state index in [-0.39, 0.29) is 0 Å². The lowest BCUT2D eigenvalue weighted by Crippen LogP contribution is -2.21. The maximum Gasteiger partial charge on any atom is 0.127 e. The van der Waals surface area contributed by atoms with E-state index in [4.69, 9.17) is 4.74 Å². The van der Waals surface area contributed by atoms with E-state index < -0.39 is 0 Å². The molecule has 2 nitrogen and oxygen atoms in total. The Bertz CT molecular complexity index is 506. The van der Waals surface area contributed by atoms with E-state index in [1.54, 1.807) is 0 Å². The van der Waals surface area contributed by atoms with E-state index in [1.807, 2.05) is 0 Å². The quantitative estimate of drug-likeness (QED) is 0.916. The van der Waals surface area contributed by atoms with Crippen LogP contribution in [0.25, 0.3) is 0 Å². The van der Waals surface area contributed by atoms with Crippen LogP contribution in [0.15, 0.2) is 16.6 Å². The van der Waals surface area contributed by atoms with Gasteiger partial charge in [-0.05, 0) is 55.3 Å². The summed E-state index contributed by atoms with van der Waals surface area (Å²) in [7, 11) is 2.10. The molecule has 0 spiro atoms. The second-order valence-corrected chi connectivity index (χ2v) is 7.10. The average Bonchev–Trinajstić information content (AvgIpc) is 2.84. The van der Waals surface area contributed by atoms with E-state index in [1.165, 1.54) is 34.9 Å². The summed E-state index contributed by atoms with van der Waals surface area (Å²) >= 11 is 3.66. The highest BCUT2D eigenvalue weighted by molar-refractivity contribution is 9.10. The highest BCUT2D eigenvalue weighted by Crippen LogP contribution is 2.63. The Balaban J connectivity index is 1.71. The van der Waals surface area contributed by atoms with Crippen LogP contribution in [0.4, 0.5) is 0 Å². The third kappa shape index (κ3) is 1.85. The monoisotopic (exact) mass is 321 g/mol. The Kier molecular flexibility index (Phi) is 2.89. The van der Waals surface area contributed by atoms with Gasteiger partial charge in [-0.25, -0.2) is 0 Å². The minimum atomic E-state index is 0.472. The van der Waals surface area contributed by atoms with Crippen LogP contribution < -0.4 is 10.1 Å². The van der Waals surface area contributed by atoms with Gasteiger partial charge in [0.05, 0.1) is 6.61 Å². The second-order valence-electron chi connectivity index (χ2n) is 6.18. The van der Waals surface area contributed by atoms with Gasteiger partial charge in [0.2, 0.25) is 0 Å². The number of halogens is 1. The largest absolute Gasteiger partial charge is 0.493 e. The van der Waals surface area contributed by atoms with Crippen molar-refractivity contribution in [2.45, 2.75) is 31.7 Å². The molecule has 0 amide bonds. The highest BCUT2D eigenvalue weighted by Gasteiger charge is 2.56. The minimum absolute atomic E-state index is 0.472. The van der Waals surface area contributed by atoms with Gasteiger partial charge >= 0.3 is 0 Å². The molecule has 1 aromatic carbocycles. The summed E-state index contributed by atoms with van der Waals surface area (Å²) in [5, 5.41) is 3.57. The van der Waals surface area contributed by atoms with Crippen molar-refractivity contribution in [1.82, 2.24) is 5.32 Å². The second kappa shape index (κ2) is 4.49. The Morgan fingerprint density at radius 2 is 2.11 bits per heavy atom. The first-order chi connectivity index (χ1) is 9.29. The predicted molar refractivity (Wildman–Crippen MR) is 79.5 cm³/mol. The molecule has 1 N–H and O–H groups in total. The van der Waals surface area contributed by atoms with Crippen LogP contribution in [0, 0.1) is 17.8 Å². The third-order valence-corrected chi connectivity index (χ3v) is 5.74. The minimum Gasteiger partial charge on any atom is -0.493 e. The molecule has 1 aromatic rings. The first-order valence-corrected chi connectivity index (χ1v) is 8.21. The lowest BCUT2D eigenvalue weighted by Gasteiger charge is -2.21. The molecule has 3 aliphatic rings. The molecule has 3 atom stereocenters. The van der Waals surface area contributed by atoms with Gasteiger partial charge in [-0.15, -0.1) is 0 Å². The molecule has 0 radical (unpaired) electrons. The van der Waals surface area contributed by atoms with Crippen molar-refractivity contribution in [1.29, 1.82) is 0 Å². The van der Waals surface area contributed by atoms with Crippen molar-refractivity contribution < 1.29 is 4.74 Å². The number of fused-ring (bicyclic) bond motifs is 2. The van der Waals surface area contributed by atoms with Crippen molar-refractivity contribution in [2.75, 3.05) is 13.7 Å². The summed E-state index contributed by atoms with van der Waals surface area (Å²) in [6.45, 7) is 0.840. The number of nitrogens with one attached hydrogen (secondary N) is 1. The van der Waals surface area contributed by atoms with Gasteiger partial charge in [0.15, 0.2) is 0 Å². The van der Waals surface area contributed by atoms with E-state index >= 15 is 0 Å². The molecule has 3 unspecified atom stereocenters. The summed E-state index contributed by atoms with van der Waals surface area (Å²) in [4.78, 5) is 0. The zero-order chi connectivity index (χ0) is 13.0. The van der Waals surface area contributed by atoms with Gasteiger partial charge in [-0.2, -0.15) is 0 Å². The van der Waals surface area contributed by atoms with Crippen molar-refractivity contribution >= 4 is 15.9 Å². The molecule has 1 heterocycles. The van der Waals surface area contributed by atoms with Crippen LogP contribution in [0.1, 0.15) is 36.4 Å². The van der Waals surface area contributed by atoms with Crippen molar-refractivity contribution in [3.63, 3.8) is 0 Å². The number of benzene rings is 1. The van der Waals surface area contributed by atoms with Crippen molar-refractivity contribution in [3.8, 4) is 5.75 Å². The van der Waals surface area contributed by atoms with Crippen LogP contribution in [0.2, 0.25) is 0 Å². The molecule has 2 aliphatic carbocycles. The fraction of sp³-hybridized carbons (Fsp3) is 0.625. The molecule has 1 aliphatic heterocycles. The molecule has 4 rings (SSSR count). The summed E-state index contributed by atoms with van der Waals surface area (Å²) in [6.07, 6.45) is 5.36. The zero-order valence-corrected chi connectivity index (χ0v) is 12.9. The molecule has 0 aromatic heterocycles. The smallest absolute Gasteiger partial charge is 0.127 e. The molecule has 0 bridgehead atoms. The van der Waals surface area contributed by atoms with Crippen LogP contribution in [0.3, 0.4) is 0 Å². The molecule has 19 heavy (non-hydrogen) atoms. The van der Waals surface area contributed by atoms with Gasteiger partial charge in [0.1, 0.15) is 5.75 Å². The topological polar surface area (TPSA) is 21.3 Å². The SMILES string of the molecule is CNC(c1cc(Br)cc2c1OCC2)C1C2CCCC21. The normalized spacial score (nSPS) is 32.6. The molecule has 0 saturated heterocycles. The van der Waals surface area contributed by atoms with Crippen LogP contribution in [0.5, 0.6) is 5.75 Å². The van der Waals surface area contributed by atoms with Gasteiger partial charge in [-0.3, -0.25) is 0 Å². The molecule has 3 heteroatoms. The molecular formula is C16H20BrNO. The Labute approximate surface area is 123 Å². The average molecular weight is 322 g/mol. The maximum absolute atomic E-state index is 5.91. The van der Waals surface area contributed by atoms with Gasteiger partial charge in [-0.1, -0.05) is 22.4 Å². The van der Waals surface area contributed by atoms with E-state index in [0.29, 0.717) is 6.04 Å². The Morgan fingerprint density at radius 3 is 2.84 bits per heavy atom. The zero-order valence-electron chi connectivity index (χ0n) is 11.3. The number of rotatable bonds is 3. The number of ether oxygens (including phenoxy) is 1. The summed E-state index contributed by atoms with van der Waals surface area (Å²) in [5.41, 5.74) is 2.75. The fourth-order valence-corrected chi connectivity index (χ4v) is 4.98. The number of hydrogen-bond donors (Lipinski definition) is 1. The first kappa shape index (κ1) is 12.2.